The first-order chi connectivity index (χ1) is 27.2. The number of nitrogens with zero attached hydrogens (tertiary/aromatic N) is 4. The van der Waals surface area contributed by atoms with E-state index in [1.807, 2.05) is 0 Å². The second-order valence-electron chi connectivity index (χ2n) is 17.1. The molecule has 0 radical (unpaired) electrons. The molecule has 10 aromatic rings. The third-order valence-electron chi connectivity index (χ3n) is 14.0. The van der Waals surface area contributed by atoms with Gasteiger partial charge in [-0.15, -0.1) is 0 Å². The first kappa shape index (κ1) is 30.2. The lowest BCUT2D eigenvalue weighted by atomic mass is 9.48. The number of hydrogen-bond acceptors (Lipinski definition) is 1. The van der Waals surface area contributed by atoms with Crippen LogP contribution in [0, 0.1) is 17.8 Å². The monoisotopic (exact) mass is 708 g/mol. The van der Waals surface area contributed by atoms with Gasteiger partial charge in [0.25, 0.3) is 0 Å². The van der Waals surface area contributed by atoms with Crippen molar-refractivity contribution in [1.82, 2.24) is 18.7 Å². The lowest BCUT2D eigenvalue weighted by molar-refractivity contribution is -0.00512. The zero-order chi connectivity index (χ0) is 35.8. The van der Waals surface area contributed by atoms with Crippen LogP contribution in [0.25, 0.3) is 82.7 Å². The Morgan fingerprint density at radius 3 is 1.33 bits per heavy atom. The first-order valence-electron chi connectivity index (χ1n) is 20.2. The molecule has 14 rings (SSSR count). The lowest BCUT2D eigenvalue weighted by Crippen LogP contribution is -2.48. The molecule has 4 bridgehead atoms. The molecule has 4 aliphatic carbocycles. The van der Waals surface area contributed by atoms with Crippen molar-refractivity contribution in [3.8, 4) is 17.3 Å². The van der Waals surface area contributed by atoms with Crippen molar-refractivity contribution >= 4 is 65.4 Å². The fraction of sp³-hybridized carbons (Fsp3) is 0.196. The fourth-order valence-corrected chi connectivity index (χ4v) is 12.2. The maximum atomic E-state index is 5.51. The van der Waals surface area contributed by atoms with E-state index >= 15 is 0 Å². The number of fused-ring (bicyclic) bond motifs is 9. The molecule has 55 heavy (non-hydrogen) atoms. The van der Waals surface area contributed by atoms with Crippen molar-refractivity contribution < 1.29 is 0 Å². The Bertz CT molecular complexity index is 3120. The summed E-state index contributed by atoms with van der Waals surface area (Å²) in [6, 6.07) is 56.1. The van der Waals surface area contributed by atoms with Crippen molar-refractivity contribution in [2.45, 2.75) is 43.9 Å². The second kappa shape index (κ2) is 11.0. The molecule has 4 saturated carbocycles. The van der Waals surface area contributed by atoms with Crippen LogP contribution in [-0.2, 0) is 5.41 Å². The van der Waals surface area contributed by atoms with Gasteiger partial charge in [-0.2, -0.15) is 0 Å². The van der Waals surface area contributed by atoms with Crippen LogP contribution in [0.2, 0.25) is 0 Å². The topological polar surface area (TPSA) is 27.7 Å². The van der Waals surface area contributed by atoms with Gasteiger partial charge in [-0.3, -0.25) is 9.13 Å². The van der Waals surface area contributed by atoms with Crippen molar-refractivity contribution in [2.75, 3.05) is 0 Å². The van der Waals surface area contributed by atoms with Crippen molar-refractivity contribution in [1.29, 1.82) is 0 Å². The van der Waals surface area contributed by atoms with Gasteiger partial charge in [0.15, 0.2) is 0 Å². The lowest BCUT2D eigenvalue weighted by Gasteiger charge is -2.57. The number of hydrogen-bond donors (Lipinski definition) is 0. The number of pyridine rings is 1. The predicted molar refractivity (Wildman–Crippen MR) is 227 cm³/mol. The van der Waals surface area contributed by atoms with Crippen LogP contribution in [0.1, 0.15) is 44.1 Å². The van der Waals surface area contributed by atoms with E-state index in [1.165, 1.54) is 92.9 Å². The van der Waals surface area contributed by atoms with Crippen molar-refractivity contribution in [2.24, 2.45) is 17.8 Å². The second-order valence-corrected chi connectivity index (χ2v) is 17.1. The normalized spacial score (nSPS) is 22.0. The Labute approximate surface area is 319 Å². The van der Waals surface area contributed by atoms with Gasteiger partial charge in [0.2, 0.25) is 0 Å². The van der Waals surface area contributed by atoms with Crippen molar-refractivity contribution in [3.05, 3.63) is 157 Å². The van der Waals surface area contributed by atoms with Gasteiger partial charge in [0.1, 0.15) is 11.6 Å². The average molecular weight is 709 g/mol. The molecular weight excluding hydrogens is 669 g/mol. The highest BCUT2D eigenvalue weighted by Gasteiger charge is 2.51. The number of aromatic nitrogens is 4. The first-order valence-corrected chi connectivity index (χ1v) is 20.2. The largest absolute Gasteiger partial charge is 0.309 e. The molecule has 264 valence electrons. The zero-order valence-electron chi connectivity index (χ0n) is 30.7. The molecule has 4 heteroatoms. The summed E-state index contributed by atoms with van der Waals surface area (Å²) in [5.74, 6) is 4.65. The van der Waals surface area contributed by atoms with Gasteiger partial charge in [-0.25, -0.2) is 4.98 Å². The maximum Gasteiger partial charge on any atom is 0.140 e. The van der Waals surface area contributed by atoms with Gasteiger partial charge >= 0.3 is 0 Å². The predicted octanol–water partition coefficient (Wildman–Crippen LogP) is 12.8. The summed E-state index contributed by atoms with van der Waals surface area (Å²) in [4.78, 5) is 5.51. The Kier molecular flexibility index (Phi) is 6.03. The van der Waals surface area contributed by atoms with Crippen LogP contribution < -0.4 is 0 Å². The minimum absolute atomic E-state index is 0.363. The average Bonchev–Trinajstić information content (AvgIpc) is 3.86. The maximum absolute atomic E-state index is 5.51. The molecule has 0 spiro atoms. The van der Waals surface area contributed by atoms with E-state index < -0.39 is 0 Å². The Balaban J connectivity index is 0.980. The standard InChI is InChI=1S/C51H40N4/c1-5-14-43-37(10-1)38-11-2-6-15-44(38)53(43)36-21-23-48-42(28-36)40-13-4-8-17-46(40)55(48)50-19-9-18-49(52-50)54-45-16-7-3-12-39(45)41-27-35(20-22-47(41)54)51-29-32-24-33(30-51)26-34(25-32)31-51/h1-23,27-28,32-34H,24-26,29-31H2. The SMILES string of the molecule is c1cc(-n2c3ccccc3c3cc(-n4c5ccccc5c5ccccc54)ccc32)nc(-n2c3ccccc3c3cc(C45CC6CC(CC(C6)C4)C5)ccc32)c1. The van der Waals surface area contributed by atoms with Gasteiger partial charge in [0.05, 0.1) is 33.1 Å². The van der Waals surface area contributed by atoms with Crippen LogP contribution in [0.4, 0.5) is 0 Å². The minimum Gasteiger partial charge on any atom is -0.309 e. The third-order valence-corrected chi connectivity index (χ3v) is 14.0. The molecule has 4 fully saturated rings. The van der Waals surface area contributed by atoms with E-state index in [4.69, 9.17) is 4.98 Å². The van der Waals surface area contributed by atoms with Crippen LogP contribution in [0.15, 0.2) is 152 Å². The summed E-state index contributed by atoms with van der Waals surface area (Å²) < 4.78 is 7.15. The summed E-state index contributed by atoms with van der Waals surface area (Å²) in [6.07, 6.45) is 8.55. The number of benzene rings is 6. The van der Waals surface area contributed by atoms with Crippen LogP contribution in [0.5, 0.6) is 0 Å². The van der Waals surface area contributed by atoms with Crippen LogP contribution >= 0.6 is 0 Å². The number of para-hydroxylation sites is 4. The third kappa shape index (κ3) is 4.20. The summed E-state index contributed by atoms with van der Waals surface area (Å²) in [6.45, 7) is 0. The summed E-state index contributed by atoms with van der Waals surface area (Å²) in [7, 11) is 0. The summed E-state index contributed by atoms with van der Waals surface area (Å²) >= 11 is 0. The van der Waals surface area contributed by atoms with Gasteiger partial charge < -0.3 is 4.57 Å². The molecule has 0 N–H and O–H groups in total. The molecule has 0 amide bonds. The Morgan fingerprint density at radius 1 is 0.382 bits per heavy atom. The van der Waals surface area contributed by atoms with E-state index in [9.17, 15) is 0 Å². The van der Waals surface area contributed by atoms with E-state index in [-0.39, 0.29) is 0 Å². The number of rotatable bonds is 4. The highest BCUT2D eigenvalue weighted by molar-refractivity contribution is 6.12. The summed E-state index contributed by atoms with van der Waals surface area (Å²) in [5.41, 5.74) is 10.3. The van der Waals surface area contributed by atoms with E-state index in [1.54, 1.807) is 5.56 Å². The fourth-order valence-electron chi connectivity index (χ4n) is 12.2. The zero-order valence-corrected chi connectivity index (χ0v) is 30.7. The minimum atomic E-state index is 0.363. The summed E-state index contributed by atoms with van der Waals surface area (Å²) in [5, 5.41) is 7.65. The smallest absolute Gasteiger partial charge is 0.140 e. The van der Waals surface area contributed by atoms with E-state index in [0.717, 1.165) is 46.1 Å². The highest BCUT2D eigenvalue weighted by atomic mass is 15.1. The molecule has 0 saturated heterocycles. The van der Waals surface area contributed by atoms with Crippen molar-refractivity contribution in [3.63, 3.8) is 0 Å². The Hall–Kier alpha value is -6.13. The molecule has 0 unspecified atom stereocenters. The van der Waals surface area contributed by atoms with Crippen LogP contribution in [-0.4, -0.2) is 18.7 Å². The quantitative estimate of drug-likeness (QED) is 0.179. The molecule has 6 aromatic carbocycles. The van der Waals surface area contributed by atoms with Crippen LogP contribution in [0.3, 0.4) is 0 Å². The molecule has 0 aliphatic heterocycles. The molecule has 4 aliphatic rings. The van der Waals surface area contributed by atoms with E-state index in [2.05, 4.69) is 165 Å². The van der Waals surface area contributed by atoms with E-state index in [0.29, 0.717) is 5.41 Å². The van der Waals surface area contributed by atoms with Gasteiger partial charge in [-0.05, 0) is 134 Å². The molecule has 4 heterocycles. The molecule has 4 nitrogen and oxygen atoms in total. The van der Waals surface area contributed by atoms with Gasteiger partial charge in [0, 0.05) is 38.0 Å². The molecular formula is C51H40N4. The highest BCUT2D eigenvalue weighted by Crippen LogP contribution is 2.61. The van der Waals surface area contributed by atoms with Gasteiger partial charge in [-0.1, -0.05) is 84.9 Å². The molecule has 0 atom stereocenters. The Morgan fingerprint density at radius 2 is 0.800 bits per heavy atom. The molecule has 4 aromatic heterocycles.